The average Bonchev–Trinajstić information content (AvgIpc) is 3.14. The Morgan fingerprint density at radius 2 is 1.68 bits per heavy atom. The highest BCUT2D eigenvalue weighted by molar-refractivity contribution is 7.21. The number of benzene rings is 1. The summed E-state index contributed by atoms with van der Waals surface area (Å²) in [5, 5.41) is 3.58. The van der Waals surface area contributed by atoms with Gasteiger partial charge in [-0.15, -0.1) is 11.3 Å². The normalized spacial score (nSPS) is 10.7. The van der Waals surface area contributed by atoms with Gasteiger partial charge in [-0.2, -0.15) is 0 Å². The van der Waals surface area contributed by atoms with Crippen LogP contribution in [0.4, 0.5) is 11.4 Å². The second-order valence-corrected chi connectivity index (χ2v) is 7.50. The number of thiophene rings is 1. The molecule has 0 radical (unpaired) electrons. The third kappa shape index (κ3) is 3.82. The quantitative estimate of drug-likeness (QED) is 0.466. The van der Waals surface area contributed by atoms with Gasteiger partial charge in [0, 0.05) is 41.2 Å². The monoisotopic (exact) mass is 436 g/mol. The molecule has 8 nitrogen and oxygen atoms in total. The summed E-state index contributed by atoms with van der Waals surface area (Å²) in [4.78, 5) is 22.7. The van der Waals surface area contributed by atoms with Gasteiger partial charge in [-0.05, 0) is 24.3 Å². The molecule has 0 atom stereocenters. The number of carbonyl (C=O) groups is 1. The van der Waals surface area contributed by atoms with Gasteiger partial charge in [0.25, 0.3) is 5.91 Å². The molecule has 1 amide bonds. The molecular formula is C22H20N4O4S. The van der Waals surface area contributed by atoms with Crippen molar-refractivity contribution in [2.45, 2.75) is 0 Å². The molecule has 3 aromatic heterocycles. The minimum atomic E-state index is -0.347. The molecule has 4 aromatic rings. The number of nitrogens with zero attached hydrogens (tertiary/aromatic N) is 2. The molecule has 0 aliphatic heterocycles. The third-order valence-electron chi connectivity index (χ3n) is 4.70. The van der Waals surface area contributed by atoms with Crippen molar-refractivity contribution in [1.29, 1.82) is 0 Å². The molecule has 31 heavy (non-hydrogen) atoms. The predicted octanol–water partition coefficient (Wildman–Crippen LogP) is 4.22. The fourth-order valence-corrected chi connectivity index (χ4v) is 4.18. The van der Waals surface area contributed by atoms with Crippen LogP contribution in [-0.4, -0.2) is 37.2 Å². The Hall–Kier alpha value is -3.85. The van der Waals surface area contributed by atoms with Crippen LogP contribution in [-0.2, 0) is 0 Å². The van der Waals surface area contributed by atoms with E-state index in [2.05, 4.69) is 15.3 Å². The molecular weight excluding hydrogens is 416 g/mol. The lowest BCUT2D eigenvalue weighted by Crippen LogP contribution is -2.12. The van der Waals surface area contributed by atoms with E-state index in [1.165, 1.54) is 32.7 Å². The van der Waals surface area contributed by atoms with Gasteiger partial charge in [0.15, 0.2) is 11.5 Å². The molecule has 0 aliphatic carbocycles. The summed E-state index contributed by atoms with van der Waals surface area (Å²) in [5.74, 6) is 0.965. The standard InChI is InChI=1S/C22H20N4O4S/c1-28-16-10-13(11-17(29-2)19(16)30-3)25-21(27)20-18(23)14-4-5-15(26-22(14)31-20)12-6-8-24-9-7-12/h4-11H,23H2,1-3H3,(H,25,27). The van der Waals surface area contributed by atoms with Crippen molar-refractivity contribution in [2.24, 2.45) is 0 Å². The number of anilines is 2. The van der Waals surface area contributed by atoms with E-state index in [1.807, 2.05) is 24.3 Å². The van der Waals surface area contributed by atoms with Crippen molar-refractivity contribution in [3.05, 3.63) is 53.7 Å². The van der Waals surface area contributed by atoms with E-state index in [9.17, 15) is 4.79 Å². The van der Waals surface area contributed by atoms with Crippen molar-refractivity contribution >= 4 is 38.8 Å². The van der Waals surface area contributed by atoms with Gasteiger partial charge in [0.05, 0.1) is 32.7 Å². The highest BCUT2D eigenvalue weighted by Crippen LogP contribution is 2.40. The molecule has 3 heterocycles. The van der Waals surface area contributed by atoms with Crippen molar-refractivity contribution in [1.82, 2.24) is 9.97 Å². The molecule has 4 rings (SSSR count). The summed E-state index contributed by atoms with van der Waals surface area (Å²) < 4.78 is 16.0. The minimum Gasteiger partial charge on any atom is -0.493 e. The molecule has 0 bridgehead atoms. The van der Waals surface area contributed by atoms with Crippen molar-refractivity contribution < 1.29 is 19.0 Å². The Bertz CT molecular complexity index is 1230. The van der Waals surface area contributed by atoms with E-state index in [0.29, 0.717) is 38.3 Å². The van der Waals surface area contributed by atoms with Gasteiger partial charge >= 0.3 is 0 Å². The zero-order valence-electron chi connectivity index (χ0n) is 17.1. The first-order valence-electron chi connectivity index (χ1n) is 9.26. The van der Waals surface area contributed by atoms with E-state index in [1.54, 1.807) is 24.5 Å². The lowest BCUT2D eigenvalue weighted by molar-refractivity contribution is 0.103. The van der Waals surface area contributed by atoms with Gasteiger partial charge in [0.2, 0.25) is 5.75 Å². The number of ether oxygens (including phenoxy) is 3. The average molecular weight is 436 g/mol. The number of pyridine rings is 2. The molecule has 0 saturated carbocycles. The molecule has 3 N–H and O–H groups in total. The van der Waals surface area contributed by atoms with Crippen LogP contribution in [0.2, 0.25) is 0 Å². The molecule has 0 saturated heterocycles. The molecule has 158 valence electrons. The van der Waals surface area contributed by atoms with Crippen LogP contribution >= 0.6 is 11.3 Å². The Kier molecular flexibility index (Phi) is 5.59. The van der Waals surface area contributed by atoms with Gasteiger partial charge in [-0.1, -0.05) is 0 Å². The second kappa shape index (κ2) is 8.49. The first kappa shape index (κ1) is 20.4. The number of nitrogens with one attached hydrogen (secondary N) is 1. The summed E-state index contributed by atoms with van der Waals surface area (Å²) in [7, 11) is 4.54. The maximum Gasteiger partial charge on any atom is 0.267 e. The number of aromatic nitrogens is 2. The molecule has 9 heteroatoms. The first-order valence-corrected chi connectivity index (χ1v) is 10.1. The Morgan fingerprint density at radius 1 is 1.00 bits per heavy atom. The first-order chi connectivity index (χ1) is 15.0. The van der Waals surface area contributed by atoms with Crippen LogP contribution in [0.3, 0.4) is 0 Å². The third-order valence-corrected chi connectivity index (χ3v) is 5.81. The number of fused-ring (bicyclic) bond motifs is 1. The number of hydrogen-bond acceptors (Lipinski definition) is 8. The fraction of sp³-hybridized carbons (Fsp3) is 0.136. The van der Waals surface area contributed by atoms with Crippen molar-refractivity contribution in [3.63, 3.8) is 0 Å². The van der Waals surface area contributed by atoms with Gasteiger partial charge < -0.3 is 25.3 Å². The number of methoxy groups -OCH3 is 3. The van der Waals surface area contributed by atoms with Crippen LogP contribution in [0.5, 0.6) is 17.2 Å². The largest absolute Gasteiger partial charge is 0.493 e. The van der Waals surface area contributed by atoms with E-state index in [4.69, 9.17) is 19.9 Å². The maximum atomic E-state index is 13.0. The lowest BCUT2D eigenvalue weighted by atomic mass is 10.1. The Balaban J connectivity index is 1.67. The summed E-state index contributed by atoms with van der Waals surface area (Å²) in [5.41, 5.74) is 8.87. The molecule has 0 aliphatic rings. The van der Waals surface area contributed by atoms with E-state index in [-0.39, 0.29) is 5.91 Å². The lowest BCUT2D eigenvalue weighted by Gasteiger charge is -2.14. The molecule has 1 aromatic carbocycles. The number of carbonyl (C=O) groups excluding carboxylic acids is 1. The zero-order chi connectivity index (χ0) is 22.0. The predicted molar refractivity (Wildman–Crippen MR) is 121 cm³/mol. The van der Waals surface area contributed by atoms with Gasteiger partial charge in [-0.25, -0.2) is 4.98 Å². The Morgan fingerprint density at radius 3 is 2.29 bits per heavy atom. The number of amides is 1. The number of hydrogen-bond donors (Lipinski definition) is 2. The highest BCUT2D eigenvalue weighted by atomic mass is 32.1. The van der Waals surface area contributed by atoms with E-state index in [0.717, 1.165) is 16.6 Å². The molecule has 0 spiro atoms. The van der Waals surface area contributed by atoms with Gasteiger partial charge in [0.1, 0.15) is 9.71 Å². The zero-order valence-corrected chi connectivity index (χ0v) is 17.9. The van der Waals surface area contributed by atoms with Crippen LogP contribution in [0.1, 0.15) is 9.67 Å². The number of rotatable bonds is 6. The summed E-state index contributed by atoms with van der Waals surface area (Å²) in [6.45, 7) is 0. The second-order valence-electron chi connectivity index (χ2n) is 6.50. The smallest absolute Gasteiger partial charge is 0.267 e. The van der Waals surface area contributed by atoms with Crippen LogP contribution in [0.15, 0.2) is 48.8 Å². The molecule has 0 fully saturated rings. The fourth-order valence-electron chi connectivity index (χ4n) is 3.19. The van der Waals surface area contributed by atoms with Crippen LogP contribution < -0.4 is 25.3 Å². The summed E-state index contributed by atoms with van der Waals surface area (Å²) in [6.07, 6.45) is 3.42. The van der Waals surface area contributed by atoms with E-state index >= 15 is 0 Å². The minimum absolute atomic E-state index is 0.347. The maximum absolute atomic E-state index is 13.0. The Labute approximate surface area is 182 Å². The SMILES string of the molecule is COc1cc(NC(=O)c2sc3nc(-c4ccncc4)ccc3c2N)cc(OC)c1OC. The van der Waals surface area contributed by atoms with Gasteiger partial charge in [-0.3, -0.25) is 9.78 Å². The molecule has 0 unspecified atom stereocenters. The van der Waals surface area contributed by atoms with Crippen molar-refractivity contribution in [2.75, 3.05) is 32.4 Å². The highest BCUT2D eigenvalue weighted by Gasteiger charge is 2.20. The van der Waals surface area contributed by atoms with E-state index < -0.39 is 0 Å². The van der Waals surface area contributed by atoms with Crippen LogP contribution in [0.25, 0.3) is 21.5 Å². The number of nitrogens with two attached hydrogens (primary N) is 1. The summed E-state index contributed by atoms with van der Waals surface area (Å²) >= 11 is 1.24. The summed E-state index contributed by atoms with van der Waals surface area (Å²) in [6, 6.07) is 10.8. The van der Waals surface area contributed by atoms with Crippen molar-refractivity contribution in [3.8, 4) is 28.5 Å². The number of nitrogen functional groups attached to an aromatic ring is 1. The van der Waals surface area contributed by atoms with Crippen LogP contribution in [0, 0.1) is 0 Å². The topological polar surface area (TPSA) is 109 Å².